The molecule has 1 spiro atoms. The molecule has 5 atom stereocenters. The molecule has 1 saturated carbocycles. The second-order valence-electron chi connectivity index (χ2n) is 12.6. The first kappa shape index (κ1) is 29.5. The minimum Gasteiger partial charge on any atom is -0.490 e. The molecule has 0 amide bonds. The van der Waals surface area contributed by atoms with Gasteiger partial charge in [-0.15, -0.1) is 0 Å². The largest absolute Gasteiger partial charge is 0.490 e. The van der Waals surface area contributed by atoms with E-state index in [1.54, 1.807) is 25.3 Å². The van der Waals surface area contributed by atoms with Crippen molar-refractivity contribution in [1.29, 1.82) is 0 Å². The van der Waals surface area contributed by atoms with Crippen LogP contribution in [0.4, 0.5) is 5.69 Å². The van der Waals surface area contributed by atoms with Gasteiger partial charge in [-0.25, -0.2) is 18.4 Å². The zero-order valence-electron chi connectivity index (χ0n) is 23.9. The standard InChI is InChI=1S/C32H39ClN2O6S/c1-40-30(24-13-20(14-24)10-12-42(34,38)39)26-7-4-23(26)17-35-18-32(11-2-3-21-15-25(33)6-8-27(21)32)19-41-29-9-5-22(31(36)37)16-28(29)35/h5-6,8-9,13,15-16,20,23,26,30H,2-4,7,10-12,14,17-19H2,1H3,(H,36,37)(H2,34,38,39)/t20?,23-,26+,30+,32-/m0/s1. The van der Waals surface area contributed by atoms with Crippen molar-refractivity contribution in [3.05, 3.63) is 69.8 Å². The first-order valence-electron chi connectivity index (χ1n) is 14.8. The van der Waals surface area contributed by atoms with Crippen LogP contribution in [0.3, 0.4) is 0 Å². The maximum atomic E-state index is 11.9. The predicted molar refractivity (Wildman–Crippen MR) is 163 cm³/mol. The van der Waals surface area contributed by atoms with E-state index in [0.717, 1.165) is 68.1 Å². The van der Waals surface area contributed by atoms with E-state index in [9.17, 15) is 18.3 Å². The van der Waals surface area contributed by atoms with Crippen LogP contribution < -0.4 is 14.8 Å². The van der Waals surface area contributed by atoms with Crippen LogP contribution in [0.1, 0.15) is 60.0 Å². The van der Waals surface area contributed by atoms with Crippen LogP contribution in [0.15, 0.2) is 48.0 Å². The highest BCUT2D eigenvalue weighted by Gasteiger charge is 2.45. The number of rotatable bonds is 9. The molecule has 2 aromatic rings. The highest BCUT2D eigenvalue weighted by Crippen LogP contribution is 2.48. The number of nitrogens with two attached hydrogens (primary N) is 1. The molecule has 3 aliphatic carbocycles. The zero-order chi connectivity index (χ0) is 29.6. The van der Waals surface area contributed by atoms with Gasteiger partial charge in [-0.1, -0.05) is 23.7 Å². The third kappa shape index (κ3) is 5.81. The van der Waals surface area contributed by atoms with E-state index in [0.29, 0.717) is 24.9 Å². The summed E-state index contributed by atoms with van der Waals surface area (Å²) in [5.74, 6) is 0.684. The van der Waals surface area contributed by atoms with Crippen LogP contribution in [0, 0.1) is 17.8 Å². The van der Waals surface area contributed by atoms with Gasteiger partial charge in [0.2, 0.25) is 10.0 Å². The average Bonchev–Trinajstić information content (AvgIpc) is 3.05. The van der Waals surface area contributed by atoms with Crippen LogP contribution in [-0.2, 0) is 26.6 Å². The van der Waals surface area contributed by atoms with Gasteiger partial charge in [0.15, 0.2) is 0 Å². The number of carboxylic acid groups (broad SMARTS) is 1. The Hall–Kier alpha value is -2.59. The normalized spacial score (nSPS) is 27.5. The molecule has 0 saturated heterocycles. The van der Waals surface area contributed by atoms with Gasteiger partial charge in [-0.3, -0.25) is 0 Å². The number of hydrogen-bond donors (Lipinski definition) is 2. The van der Waals surface area contributed by atoms with E-state index in [1.807, 2.05) is 6.07 Å². The Labute approximate surface area is 252 Å². The molecule has 1 unspecified atom stereocenters. The predicted octanol–water partition coefficient (Wildman–Crippen LogP) is 5.18. The van der Waals surface area contributed by atoms with Gasteiger partial charge in [0.05, 0.1) is 29.7 Å². The van der Waals surface area contributed by atoms with E-state index in [2.05, 4.69) is 23.1 Å². The lowest BCUT2D eigenvalue weighted by Gasteiger charge is -2.47. The number of halogens is 1. The van der Waals surface area contributed by atoms with Gasteiger partial charge in [-0.2, -0.15) is 0 Å². The second kappa shape index (κ2) is 11.5. The van der Waals surface area contributed by atoms with Crippen LogP contribution in [0.5, 0.6) is 5.75 Å². The molecule has 226 valence electrons. The van der Waals surface area contributed by atoms with E-state index >= 15 is 0 Å². The van der Waals surface area contributed by atoms with E-state index in [4.69, 9.17) is 26.2 Å². The lowest BCUT2D eigenvalue weighted by molar-refractivity contribution is 0.000513. The third-order valence-corrected chi connectivity index (χ3v) is 11.0. The highest BCUT2D eigenvalue weighted by molar-refractivity contribution is 7.89. The van der Waals surface area contributed by atoms with Crippen molar-refractivity contribution in [3.63, 3.8) is 0 Å². The number of nitrogens with zero attached hydrogens (tertiary/aromatic N) is 1. The summed E-state index contributed by atoms with van der Waals surface area (Å²) < 4.78 is 35.3. The molecule has 6 rings (SSSR count). The SMILES string of the molecule is CO[C@H](C1=CC(CCS(N)(=O)=O)C1)[C@@H]1CC[C@H]1CN1C[C@@]2(CCCc3cc(Cl)ccc32)COc2ccc(C(=O)O)cc21. The lowest BCUT2D eigenvalue weighted by atomic mass is 9.65. The Bertz CT molecular complexity index is 1510. The lowest BCUT2D eigenvalue weighted by Crippen LogP contribution is -2.50. The topological polar surface area (TPSA) is 119 Å². The van der Waals surface area contributed by atoms with Crippen LogP contribution in [0.25, 0.3) is 0 Å². The van der Waals surface area contributed by atoms with E-state index in [1.165, 1.54) is 16.7 Å². The van der Waals surface area contributed by atoms with Gasteiger partial charge >= 0.3 is 5.97 Å². The van der Waals surface area contributed by atoms with Crippen molar-refractivity contribution in [2.45, 2.75) is 56.5 Å². The summed E-state index contributed by atoms with van der Waals surface area (Å²) in [6.45, 7) is 2.03. The molecule has 2 aromatic carbocycles. The van der Waals surface area contributed by atoms with E-state index in [-0.39, 0.29) is 28.8 Å². The molecule has 1 fully saturated rings. The summed E-state index contributed by atoms with van der Waals surface area (Å²) in [7, 11) is -1.71. The monoisotopic (exact) mass is 614 g/mol. The fraction of sp³-hybridized carbons (Fsp3) is 0.531. The fourth-order valence-electron chi connectivity index (χ4n) is 7.64. The summed E-state index contributed by atoms with van der Waals surface area (Å²) in [5.41, 5.74) is 4.64. The van der Waals surface area contributed by atoms with Crippen molar-refractivity contribution in [2.75, 3.05) is 37.5 Å². The molecule has 1 heterocycles. The number of carboxylic acids is 1. The summed E-state index contributed by atoms with van der Waals surface area (Å²) in [5, 5.41) is 15.7. The van der Waals surface area contributed by atoms with Crippen molar-refractivity contribution in [1.82, 2.24) is 0 Å². The number of methoxy groups -OCH3 is 1. The Morgan fingerprint density at radius 3 is 2.76 bits per heavy atom. The quantitative estimate of drug-likeness (QED) is 0.374. The number of aromatic carboxylic acids is 1. The molecule has 1 aliphatic heterocycles. The number of fused-ring (bicyclic) bond motifs is 3. The van der Waals surface area contributed by atoms with Crippen molar-refractivity contribution >= 4 is 33.3 Å². The average molecular weight is 615 g/mol. The Morgan fingerprint density at radius 1 is 1.26 bits per heavy atom. The second-order valence-corrected chi connectivity index (χ2v) is 14.8. The summed E-state index contributed by atoms with van der Waals surface area (Å²) in [6, 6.07) is 11.4. The van der Waals surface area contributed by atoms with Gasteiger partial charge in [0.25, 0.3) is 0 Å². The number of benzene rings is 2. The minimum atomic E-state index is -3.46. The Kier molecular flexibility index (Phi) is 8.06. The van der Waals surface area contributed by atoms with Gasteiger partial charge in [0.1, 0.15) is 5.75 Å². The fourth-order valence-corrected chi connectivity index (χ4v) is 8.46. The molecular formula is C32H39ClN2O6S. The van der Waals surface area contributed by atoms with Crippen molar-refractivity contribution < 1.29 is 27.8 Å². The third-order valence-electron chi connectivity index (χ3n) is 9.94. The van der Waals surface area contributed by atoms with Crippen molar-refractivity contribution in [3.8, 4) is 5.75 Å². The highest BCUT2D eigenvalue weighted by atomic mass is 35.5. The van der Waals surface area contributed by atoms with Crippen LogP contribution in [-0.4, -0.2) is 58.2 Å². The number of primary sulfonamides is 1. The van der Waals surface area contributed by atoms with Crippen LogP contribution >= 0.6 is 11.6 Å². The minimum absolute atomic E-state index is 0.00297. The summed E-state index contributed by atoms with van der Waals surface area (Å²) in [6.07, 6.45) is 8.68. The number of hydrogen-bond acceptors (Lipinski definition) is 6. The molecule has 3 N–H and O–H groups in total. The summed E-state index contributed by atoms with van der Waals surface area (Å²) >= 11 is 6.38. The number of anilines is 1. The maximum absolute atomic E-state index is 11.9. The van der Waals surface area contributed by atoms with E-state index < -0.39 is 16.0 Å². The molecule has 0 aromatic heterocycles. The zero-order valence-corrected chi connectivity index (χ0v) is 25.5. The van der Waals surface area contributed by atoms with Crippen molar-refractivity contribution in [2.24, 2.45) is 22.9 Å². The first-order valence-corrected chi connectivity index (χ1v) is 16.9. The number of sulfonamides is 1. The Balaban J connectivity index is 1.27. The first-order chi connectivity index (χ1) is 20.0. The van der Waals surface area contributed by atoms with Gasteiger partial charge in [0, 0.05) is 30.6 Å². The van der Waals surface area contributed by atoms with Gasteiger partial charge < -0.3 is 19.5 Å². The summed E-state index contributed by atoms with van der Waals surface area (Å²) in [4.78, 5) is 14.3. The Morgan fingerprint density at radius 2 is 2.07 bits per heavy atom. The molecule has 4 aliphatic rings. The number of allylic oxidation sites excluding steroid dienone is 1. The molecule has 42 heavy (non-hydrogen) atoms. The number of carbonyl (C=O) groups is 1. The maximum Gasteiger partial charge on any atom is 0.335 e. The molecule has 10 heteroatoms. The molecule has 8 nitrogen and oxygen atoms in total. The molecule has 0 bridgehead atoms. The number of ether oxygens (including phenoxy) is 2. The molecular weight excluding hydrogens is 576 g/mol. The smallest absolute Gasteiger partial charge is 0.335 e. The van der Waals surface area contributed by atoms with Gasteiger partial charge in [-0.05, 0) is 110 Å². The van der Waals surface area contributed by atoms with Crippen LogP contribution in [0.2, 0.25) is 5.02 Å². The number of aryl methyl sites for hydroxylation is 1. The molecule has 0 radical (unpaired) electrons.